The van der Waals surface area contributed by atoms with Gasteiger partial charge in [0.15, 0.2) is 0 Å². The normalized spacial score (nSPS) is 24.0. The highest BCUT2D eigenvalue weighted by atomic mass is 16.5. The number of ether oxygens (including phenoxy) is 1. The Labute approximate surface area is 65.6 Å². The van der Waals surface area contributed by atoms with E-state index in [9.17, 15) is 4.79 Å². The van der Waals surface area contributed by atoms with Gasteiger partial charge in [-0.3, -0.25) is 5.41 Å². The van der Waals surface area contributed by atoms with Gasteiger partial charge in [-0.05, 0) is 6.42 Å². The first-order valence-electron chi connectivity index (χ1n) is 3.55. The number of amidine groups is 1. The smallest absolute Gasteiger partial charge is 0.328 e. The lowest BCUT2D eigenvalue weighted by molar-refractivity contribution is -0.144. The zero-order valence-corrected chi connectivity index (χ0v) is 6.76. The lowest BCUT2D eigenvalue weighted by Crippen LogP contribution is -2.35. The molecule has 1 aliphatic rings. The molecular formula is C7H12N2O2. The fourth-order valence-electron chi connectivity index (χ4n) is 1.24. The van der Waals surface area contributed by atoms with E-state index in [1.807, 2.05) is 0 Å². The molecule has 62 valence electrons. The van der Waals surface area contributed by atoms with Crippen LogP contribution in [0.1, 0.15) is 12.8 Å². The fraction of sp³-hybridized carbons (Fsp3) is 0.714. The number of hydrogen-bond donors (Lipinski definition) is 1. The molecule has 0 spiro atoms. The predicted octanol–water partition coefficient (Wildman–Crippen LogP) is 0.231. The second-order valence-corrected chi connectivity index (χ2v) is 2.64. The first-order valence-corrected chi connectivity index (χ1v) is 3.55. The Balaban J connectivity index is 2.61. The zero-order valence-electron chi connectivity index (χ0n) is 6.76. The number of rotatable bonds is 1. The lowest BCUT2D eigenvalue weighted by atomic mass is 10.2. The van der Waals surface area contributed by atoms with E-state index in [0.717, 1.165) is 0 Å². The van der Waals surface area contributed by atoms with Gasteiger partial charge < -0.3 is 9.64 Å². The third-order valence-corrected chi connectivity index (χ3v) is 2.02. The van der Waals surface area contributed by atoms with Gasteiger partial charge in [-0.2, -0.15) is 0 Å². The van der Waals surface area contributed by atoms with E-state index in [0.29, 0.717) is 18.7 Å². The molecule has 0 unspecified atom stereocenters. The van der Waals surface area contributed by atoms with Crippen LogP contribution in [0.3, 0.4) is 0 Å². The molecule has 0 aromatic rings. The van der Waals surface area contributed by atoms with Crippen molar-refractivity contribution in [2.24, 2.45) is 0 Å². The molecule has 1 N–H and O–H groups in total. The summed E-state index contributed by atoms with van der Waals surface area (Å²) in [5.74, 6) is 0.273. The molecule has 0 bridgehead atoms. The van der Waals surface area contributed by atoms with Crippen molar-refractivity contribution in [2.45, 2.75) is 18.9 Å². The Hall–Kier alpha value is -1.06. The van der Waals surface area contributed by atoms with Crippen LogP contribution < -0.4 is 0 Å². The summed E-state index contributed by atoms with van der Waals surface area (Å²) in [5.41, 5.74) is 0. The van der Waals surface area contributed by atoms with Crippen molar-refractivity contribution in [3.8, 4) is 0 Å². The number of carbonyl (C=O) groups excluding carboxylic acids is 1. The molecule has 0 aromatic heterocycles. The maximum Gasteiger partial charge on any atom is 0.328 e. The minimum Gasteiger partial charge on any atom is -0.467 e. The number of nitrogens with zero attached hydrogens (tertiary/aromatic N) is 1. The predicted molar refractivity (Wildman–Crippen MR) is 40.5 cm³/mol. The second-order valence-electron chi connectivity index (χ2n) is 2.64. The molecular weight excluding hydrogens is 144 g/mol. The van der Waals surface area contributed by atoms with Crippen LogP contribution in [0, 0.1) is 5.41 Å². The molecule has 4 nitrogen and oxygen atoms in total. The van der Waals surface area contributed by atoms with E-state index in [-0.39, 0.29) is 12.0 Å². The van der Waals surface area contributed by atoms with Gasteiger partial charge in [-0.25, -0.2) is 4.79 Å². The van der Waals surface area contributed by atoms with Gasteiger partial charge in [0.05, 0.1) is 12.9 Å². The molecule has 1 heterocycles. The highest BCUT2D eigenvalue weighted by Crippen LogP contribution is 2.17. The summed E-state index contributed by atoms with van der Waals surface area (Å²) in [4.78, 5) is 12.7. The number of nitrogens with one attached hydrogen (secondary N) is 1. The number of hydrogen-bond acceptors (Lipinski definition) is 3. The molecule has 1 rings (SSSR count). The summed E-state index contributed by atoms with van der Waals surface area (Å²) in [6.07, 6.45) is 1.39. The van der Waals surface area contributed by atoms with Gasteiger partial charge >= 0.3 is 5.97 Å². The topological polar surface area (TPSA) is 53.4 Å². The Morgan fingerprint density at radius 2 is 2.45 bits per heavy atom. The molecule has 0 amide bonds. The van der Waals surface area contributed by atoms with Gasteiger partial charge in [-0.15, -0.1) is 0 Å². The van der Waals surface area contributed by atoms with E-state index in [2.05, 4.69) is 4.74 Å². The van der Waals surface area contributed by atoms with Crippen molar-refractivity contribution in [1.29, 1.82) is 5.41 Å². The molecule has 0 radical (unpaired) electrons. The highest BCUT2D eigenvalue weighted by molar-refractivity contribution is 5.89. The van der Waals surface area contributed by atoms with Crippen LogP contribution >= 0.6 is 0 Å². The second kappa shape index (κ2) is 2.90. The largest absolute Gasteiger partial charge is 0.467 e. The van der Waals surface area contributed by atoms with E-state index < -0.39 is 0 Å². The third kappa shape index (κ3) is 1.34. The van der Waals surface area contributed by atoms with Crippen molar-refractivity contribution in [2.75, 3.05) is 14.2 Å². The number of carbonyl (C=O) groups is 1. The fourth-order valence-corrected chi connectivity index (χ4v) is 1.24. The Bertz CT molecular complexity index is 191. The van der Waals surface area contributed by atoms with Crippen LogP contribution in [0.25, 0.3) is 0 Å². The summed E-state index contributed by atoms with van der Waals surface area (Å²) in [6, 6.07) is -0.229. The Kier molecular flexibility index (Phi) is 2.12. The Morgan fingerprint density at radius 1 is 1.82 bits per heavy atom. The lowest BCUT2D eigenvalue weighted by Gasteiger charge is -2.18. The monoisotopic (exact) mass is 156 g/mol. The van der Waals surface area contributed by atoms with Crippen LogP contribution in [0.15, 0.2) is 0 Å². The van der Waals surface area contributed by atoms with Crippen LogP contribution in [-0.2, 0) is 9.53 Å². The number of methoxy groups -OCH3 is 1. The average molecular weight is 156 g/mol. The molecule has 1 saturated heterocycles. The molecule has 4 heteroatoms. The molecule has 0 saturated carbocycles. The van der Waals surface area contributed by atoms with Crippen molar-refractivity contribution in [3.63, 3.8) is 0 Å². The zero-order chi connectivity index (χ0) is 8.43. The van der Waals surface area contributed by atoms with E-state index in [4.69, 9.17) is 5.41 Å². The molecule has 1 fully saturated rings. The van der Waals surface area contributed by atoms with Crippen molar-refractivity contribution >= 4 is 11.8 Å². The van der Waals surface area contributed by atoms with Crippen LogP contribution in [0.5, 0.6) is 0 Å². The maximum absolute atomic E-state index is 11.0. The first kappa shape index (κ1) is 8.04. The van der Waals surface area contributed by atoms with Crippen LogP contribution in [0.4, 0.5) is 0 Å². The summed E-state index contributed by atoms with van der Waals surface area (Å²) in [5, 5.41) is 7.37. The maximum atomic E-state index is 11.0. The first-order chi connectivity index (χ1) is 5.16. The molecule has 1 aliphatic heterocycles. The summed E-state index contributed by atoms with van der Waals surface area (Å²) >= 11 is 0. The van der Waals surface area contributed by atoms with Crippen molar-refractivity contribution < 1.29 is 9.53 Å². The van der Waals surface area contributed by atoms with Crippen molar-refractivity contribution in [3.05, 3.63) is 0 Å². The SMILES string of the molecule is COC(=O)[C@@H]1CCC(=N)N1C. The summed E-state index contributed by atoms with van der Waals surface area (Å²) in [6.45, 7) is 0. The van der Waals surface area contributed by atoms with Gasteiger partial charge in [0.25, 0.3) is 0 Å². The van der Waals surface area contributed by atoms with Gasteiger partial charge in [0, 0.05) is 13.5 Å². The number of likely N-dealkylation sites (N-methyl/N-ethyl adjacent to an activating group) is 1. The van der Waals surface area contributed by atoms with Gasteiger partial charge in [0.1, 0.15) is 6.04 Å². The third-order valence-electron chi connectivity index (χ3n) is 2.02. The number of esters is 1. The van der Waals surface area contributed by atoms with E-state index in [1.165, 1.54) is 7.11 Å². The van der Waals surface area contributed by atoms with Gasteiger partial charge in [-0.1, -0.05) is 0 Å². The average Bonchev–Trinajstić information content (AvgIpc) is 2.32. The van der Waals surface area contributed by atoms with Crippen LogP contribution in [0.2, 0.25) is 0 Å². The molecule has 0 aromatic carbocycles. The van der Waals surface area contributed by atoms with E-state index in [1.54, 1.807) is 11.9 Å². The standard InChI is InChI=1S/C7H12N2O2/c1-9-5(7(10)11-2)3-4-6(9)8/h5,8H,3-4H2,1-2H3/t5-/m0/s1. The van der Waals surface area contributed by atoms with Crippen molar-refractivity contribution in [1.82, 2.24) is 4.90 Å². The quantitative estimate of drug-likeness (QED) is 0.553. The van der Waals surface area contributed by atoms with E-state index >= 15 is 0 Å². The molecule has 0 aliphatic carbocycles. The molecule has 11 heavy (non-hydrogen) atoms. The van der Waals surface area contributed by atoms with Gasteiger partial charge in [0.2, 0.25) is 0 Å². The minimum absolute atomic E-state index is 0.229. The van der Waals surface area contributed by atoms with Crippen LogP contribution in [-0.4, -0.2) is 36.9 Å². The minimum atomic E-state index is -0.241. The molecule has 1 atom stereocenters. The summed E-state index contributed by atoms with van der Waals surface area (Å²) < 4.78 is 4.58. The summed E-state index contributed by atoms with van der Waals surface area (Å²) in [7, 11) is 3.12. The highest BCUT2D eigenvalue weighted by Gasteiger charge is 2.31. The number of likely N-dealkylation sites (tertiary alicyclic amines) is 1. The Morgan fingerprint density at radius 3 is 2.82 bits per heavy atom.